The number of thiophene rings is 1. The smallest absolute Gasteiger partial charge is 0.228 e. The number of pyridine rings is 1. The monoisotopic (exact) mass is 659 g/mol. The van der Waals surface area contributed by atoms with Gasteiger partial charge in [0.05, 0.1) is 46.9 Å². The van der Waals surface area contributed by atoms with Gasteiger partial charge in [0.1, 0.15) is 22.4 Å². The lowest BCUT2D eigenvalue weighted by Crippen LogP contribution is -2.68. The maximum atomic E-state index is 17.5. The van der Waals surface area contributed by atoms with E-state index in [2.05, 4.69) is 37.7 Å². The average molecular weight is 660 g/mol. The summed E-state index contributed by atoms with van der Waals surface area (Å²) in [5.74, 6) is 0.0639. The first-order valence-electron chi connectivity index (χ1n) is 16.3. The molecule has 47 heavy (non-hydrogen) atoms. The van der Waals surface area contributed by atoms with Crippen molar-refractivity contribution < 1.29 is 18.6 Å². The summed E-state index contributed by atoms with van der Waals surface area (Å²) in [6.07, 6.45) is 3.66. The van der Waals surface area contributed by atoms with Gasteiger partial charge in [-0.1, -0.05) is 0 Å². The van der Waals surface area contributed by atoms with Crippen molar-refractivity contribution in [2.24, 2.45) is 0 Å². The highest BCUT2D eigenvalue weighted by Gasteiger charge is 2.47. The van der Waals surface area contributed by atoms with Crippen molar-refractivity contribution in [3.8, 4) is 17.3 Å². The van der Waals surface area contributed by atoms with Crippen LogP contribution in [0.1, 0.15) is 42.9 Å². The highest BCUT2D eigenvalue weighted by atomic mass is 32.1. The molecule has 5 aliphatic rings. The molecule has 14 heteroatoms. The zero-order valence-electron chi connectivity index (χ0n) is 26.2. The van der Waals surface area contributed by atoms with Gasteiger partial charge in [0, 0.05) is 67.8 Å². The Morgan fingerprint density at radius 1 is 1.06 bits per heavy atom. The first-order valence-corrected chi connectivity index (χ1v) is 17.1. The summed E-state index contributed by atoms with van der Waals surface area (Å²) in [7, 11) is 2.12. The molecule has 11 nitrogen and oxygen atoms in total. The average Bonchev–Trinajstić information content (AvgIpc) is 3.71. The van der Waals surface area contributed by atoms with Crippen molar-refractivity contribution in [2.45, 2.75) is 69.7 Å². The number of hydrogen-bond donors (Lipinski definition) is 2. The van der Waals surface area contributed by atoms with Crippen LogP contribution in [0.3, 0.4) is 0 Å². The summed E-state index contributed by atoms with van der Waals surface area (Å²) in [5, 5.41) is 21.1. The molecule has 9 rings (SSSR count). The SMILES string of the molecule is C[C@@H](O)CN1CC2CCC(C1)N2c1nc(N2C3CC2CN(C)C3)nc2c(F)c(-c3ncc(F)c4sc(N)c(C#N)c34)c3c(c12)COC3. The standard InChI is InChI=1S/C33H35F2N9O2S/c1-15(45)8-42-11-16-3-4-17(12-42)43(16)32-26-22-14-46-13-21(22)24(28-25-20(6-36)31(37)47-30(25)23(34)7-38-28)27(35)29(26)39-33(40-32)44-18-5-19(44)10-41(2)9-18/h7,15-19,45H,3-5,8-14,37H2,1-2H3/t15-,16?,17?,18?,19?/m1/s1. The van der Waals surface area contributed by atoms with E-state index in [0.29, 0.717) is 23.4 Å². The number of piperazine rings is 2. The Balaban J connectivity index is 1.29. The Morgan fingerprint density at radius 2 is 1.79 bits per heavy atom. The number of halogens is 2. The number of ether oxygens (including phenoxy) is 1. The number of likely N-dealkylation sites (N-methyl/N-ethyl adjacent to an activating group) is 1. The predicted molar refractivity (Wildman–Crippen MR) is 175 cm³/mol. The van der Waals surface area contributed by atoms with Crippen LogP contribution in [0, 0.1) is 23.0 Å². The van der Waals surface area contributed by atoms with E-state index in [1.807, 2.05) is 6.92 Å². The minimum absolute atomic E-state index is 0.0902. The molecule has 4 saturated heterocycles. The van der Waals surface area contributed by atoms with Crippen LogP contribution < -0.4 is 15.5 Å². The number of rotatable bonds is 5. The quantitative estimate of drug-likeness (QED) is 0.326. The van der Waals surface area contributed by atoms with Gasteiger partial charge in [-0.25, -0.2) is 13.8 Å². The molecule has 1 aromatic carbocycles. The first kappa shape index (κ1) is 29.4. The Kier molecular flexibility index (Phi) is 6.65. The summed E-state index contributed by atoms with van der Waals surface area (Å²) in [6.45, 7) is 6.15. The number of nitrogens with two attached hydrogens (primary N) is 1. The second-order valence-corrected chi connectivity index (χ2v) is 14.9. The molecular formula is C33H35F2N9O2S. The molecule has 0 saturated carbocycles. The van der Waals surface area contributed by atoms with E-state index in [9.17, 15) is 10.4 Å². The first-order chi connectivity index (χ1) is 22.7. The predicted octanol–water partition coefficient (Wildman–Crippen LogP) is 3.60. The number of hydrogen-bond acceptors (Lipinski definition) is 12. The van der Waals surface area contributed by atoms with Crippen LogP contribution in [0.4, 0.5) is 25.5 Å². The van der Waals surface area contributed by atoms with Gasteiger partial charge in [-0.15, -0.1) is 11.3 Å². The van der Waals surface area contributed by atoms with E-state index < -0.39 is 17.7 Å². The minimum Gasteiger partial charge on any atom is -0.392 e. The minimum atomic E-state index is -0.609. The summed E-state index contributed by atoms with van der Waals surface area (Å²) < 4.78 is 38.7. The number of aromatic nitrogens is 3. The third-order valence-corrected chi connectivity index (χ3v) is 11.8. The van der Waals surface area contributed by atoms with Gasteiger partial charge in [0.15, 0.2) is 11.6 Å². The number of aliphatic hydroxyl groups excluding tert-OH is 1. The zero-order valence-corrected chi connectivity index (χ0v) is 27.0. The number of nitriles is 1. The molecule has 3 aromatic heterocycles. The van der Waals surface area contributed by atoms with E-state index in [-0.39, 0.29) is 74.8 Å². The van der Waals surface area contributed by atoms with E-state index in [0.717, 1.165) is 74.4 Å². The van der Waals surface area contributed by atoms with Gasteiger partial charge in [-0.2, -0.15) is 10.2 Å². The van der Waals surface area contributed by atoms with E-state index in [4.69, 9.17) is 20.4 Å². The van der Waals surface area contributed by atoms with Crippen LogP contribution in [0.15, 0.2) is 6.20 Å². The Morgan fingerprint density at radius 3 is 2.49 bits per heavy atom. The molecule has 0 radical (unpaired) electrons. The molecule has 4 bridgehead atoms. The number of piperidine rings is 1. The number of likely N-dealkylation sites (tertiary alicyclic amines) is 2. The Bertz CT molecular complexity index is 1990. The van der Waals surface area contributed by atoms with Gasteiger partial charge >= 0.3 is 0 Å². The van der Waals surface area contributed by atoms with E-state index in [1.54, 1.807) is 0 Å². The Labute approximate surface area is 274 Å². The van der Waals surface area contributed by atoms with Crippen molar-refractivity contribution in [1.82, 2.24) is 24.8 Å². The topological polar surface area (TPSA) is 131 Å². The second kappa shape index (κ2) is 10.6. The van der Waals surface area contributed by atoms with Crippen LogP contribution in [0.2, 0.25) is 0 Å². The lowest BCUT2D eigenvalue weighted by Gasteiger charge is -2.55. The normalized spacial score (nSPS) is 26.2. The van der Waals surface area contributed by atoms with Gasteiger partial charge in [-0.3, -0.25) is 9.88 Å². The molecule has 5 atom stereocenters. The maximum absolute atomic E-state index is 17.5. The number of aliphatic hydroxyl groups is 1. The molecule has 5 aliphatic heterocycles. The van der Waals surface area contributed by atoms with Gasteiger partial charge in [0.25, 0.3) is 0 Å². The summed E-state index contributed by atoms with van der Waals surface area (Å²) in [6, 6.07) is 2.90. The fourth-order valence-electron chi connectivity index (χ4n) is 8.94. The maximum Gasteiger partial charge on any atom is 0.228 e. The number of nitrogen functional groups attached to an aromatic ring is 1. The highest BCUT2D eigenvalue weighted by Crippen LogP contribution is 2.49. The fourth-order valence-corrected chi connectivity index (χ4v) is 9.86. The van der Waals surface area contributed by atoms with Crippen molar-refractivity contribution >= 4 is 49.1 Å². The number of benzene rings is 1. The van der Waals surface area contributed by atoms with Gasteiger partial charge < -0.3 is 30.3 Å². The molecule has 0 aliphatic carbocycles. The lowest BCUT2D eigenvalue weighted by molar-refractivity contribution is 0.111. The molecule has 3 N–H and O–H groups in total. The molecule has 0 amide bonds. The second-order valence-electron chi connectivity index (χ2n) is 13.9. The molecular weight excluding hydrogens is 624 g/mol. The Hall–Kier alpha value is -3.74. The van der Waals surface area contributed by atoms with Crippen molar-refractivity contribution in [1.29, 1.82) is 5.26 Å². The largest absolute Gasteiger partial charge is 0.392 e. The van der Waals surface area contributed by atoms with Crippen molar-refractivity contribution in [2.75, 3.05) is 55.3 Å². The van der Waals surface area contributed by atoms with Gasteiger partial charge in [-0.05, 0) is 44.4 Å². The summed E-state index contributed by atoms with van der Waals surface area (Å²) in [4.78, 5) is 24.0. The van der Waals surface area contributed by atoms with E-state index >= 15 is 8.78 Å². The lowest BCUT2D eigenvalue weighted by atomic mass is 9.88. The summed E-state index contributed by atoms with van der Waals surface area (Å²) in [5.41, 5.74) is 8.19. The number of anilines is 3. The third kappa shape index (κ3) is 4.30. The number of nitrogens with zero attached hydrogens (tertiary/aromatic N) is 8. The van der Waals surface area contributed by atoms with Crippen molar-refractivity contribution in [3.05, 3.63) is 34.5 Å². The summed E-state index contributed by atoms with van der Waals surface area (Å²) >= 11 is 0.964. The third-order valence-electron chi connectivity index (χ3n) is 10.7. The molecule has 4 fully saturated rings. The van der Waals surface area contributed by atoms with Crippen LogP contribution in [-0.4, -0.2) is 99.9 Å². The molecule has 4 unspecified atom stereocenters. The molecule has 4 aromatic rings. The molecule has 244 valence electrons. The van der Waals surface area contributed by atoms with Crippen LogP contribution in [0.5, 0.6) is 0 Å². The number of β-amino-alcohol motifs (C(OH)–C–C–N with tert-alkyl or cyclic N) is 1. The molecule has 8 heterocycles. The van der Waals surface area contributed by atoms with Crippen LogP contribution >= 0.6 is 11.3 Å². The molecule has 0 spiro atoms. The zero-order chi connectivity index (χ0) is 32.3. The number of fused-ring (bicyclic) bond motifs is 8. The van der Waals surface area contributed by atoms with Crippen molar-refractivity contribution in [3.63, 3.8) is 0 Å². The van der Waals surface area contributed by atoms with Crippen LogP contribution in [0.25, 0.3) is 32.2 Å². The fraction of sp³-hybridized carbons (Fsp3) is 0.515. The van der Waals surface area contributed by atoms with Crippen LogP contribution in [-0.2, 0) is 18.0 Å². The highest BCUT2D eigenvalue weighted by molar-refractivity contribution is 7.23. The van der Waals surface area contributed by atoms with Gasteiger partial charge in [0.2, 0.25) is 5.95 Å². The van der Waals surface area contributed by atoms with E-state index in [1.165, 1.54) is 0 Å².